The first-order valence-electron chi connectivity index (χ1n) is 7.08. The van der Waals surface area contributed by atoms with Crippen LogP contribution in [0.5, 0.6) is 0 Å². The van der Waals surface area contributed by atoms with Crippen molar-refractivity contribution in [2.45, 2.75) is 33.7 Å². The highest BCUT2D eigenvalue weighted by Gasteiger charge is 2.13. The number of fused-ring (bicyclic) bond motifs is 1. The van der Waals surface area contributed by atoms with Crippen LogP contribution in [-0.2, 0) is 13.0 Å². The molecule has 0 spiro atoms. The number of thiophene rings is 1. The van der Waals surface area contributed by atoms with Gasteiger partial charge in [0.1, 0.15) is 17.2 Å². The number of rotatable bonds is 4. The van der Waals surface area contributed by atoms with Gasteiger partial charge < -0.3 is 5.32 Å². The monoisotopic (exact) mass is 301 g/mol. The van der Waals surface area contributed by atoms with E-state index in [-0.39, 0.29) is 0 Å². The van der Waals surface area contributed by atoms with Crippen LogP contribution in [0, 0.1) is 13.8 Å². The molecule has 0 fully saturated rings. The maximum Gasteiger partial charge on any atom is 0.153 e. The number of aromatic nitrogens is 4. The van der Waals surface area contributed by atoms with Crippen molar-refractivity contribution in [3.8, 4) is 0 Å². The third-order valence-corrected chi connectivity index (χ3v) is 4.59. The largest absolute Gasteiger partial charge is 0.372 e. The smallest absolute Gasteiger partial charge is 0.153 e. The lowest BCUT2D eigenvalue weighted by atomic mass is 10.1. The molecule has 3 aromatic heterocycles. The van der Waals surface area contributed by atoms with Gasteiger partial charge in [0.2, 0.25) is 0 Å². The molecule has 0 saturated heterocycles. The lowest BCUT2D eigenvalue weighted by Crippen LogP contribution is -2.09. The van der Waals surface area contributed by atoms with E-state index >= 15 is 0 Å². The molecule has 0 radical (unpaired) electrons. The zero-order valence-electron chi connectivity index (χ0n) is 12.8. The fourth-order valence-corrected chi connectivity index (χ4v) is 3.48. The normalized spacial score (nSPS) is 11.2. The van der Waals surface area contributed by atoms with Crippen LogP contribution in [0.1, 0.15) is 29.7 Å². The van der Waals surface area contributed by atoms with Crippen molar-refractivity contribution in [2.75, 3.05) is 12.4 Å². The molecule has 1 N–H and O–H groups in total. The van der Waals surface area contributed by atoms with Gasteiger partial charge in [-0.1, -0.05) is 6.92 Å². The zero-order valence-corrected chi connectivity index (χ0v) is 13.6. The number of aryl methyl sites for hydroxylation is 1. The Labute approximate surface area is 128 Å². The van der Waals surface area contributed by atoms with Gasteiger partial charge >= 0.3 is 0 Å². The summed E-state index contributed by atoms with van der Waals surface area (Å²) in [5.41, 5.74) is 3.62. The summed E-state index contributed by atoms with van der Waals surface area (Å²) in [5.74, 6) is 1.68. The first-order chi connectivity index (χ1) is 10.1. The first kappa shape index (κ1) is 14.0. The van der Waals surface area contributed by atoms with Crippen LogP contribution in [0.25, 0.3) is 10.2 Å². The Morgan fingerprint density at radius 1 is 1.29 bits per heavy atom. The lowest BCUT2D eigenvalue weighted by Gasteiger charge is -2.07. The zero-order chi connectivity index (χ0) is 15.0. The Balaban J connectivity index is 2.02. The average molecular weight is 301 g/mol. The molecule has 0 bridgehead atoms. The van der Waals surface area contributed by atoms with E-state index in [1.54, 1.807) is 11.3 Å². The van der Waals surface area contributed by atoms with Crippen molar-refractivity contribution in [3.63, 3.8) is 0 Å². The van der Waals surface area contributed by atoms with Gasteiger partial charge in [-0.25, -0.2) is 9.97 Å². The van der Waals surface area contributed by atoms with Crippen molar-refractivity contribution in [3.05, 3.63) is 34.2 Å². The summed E-state index contributed by atoms with van der Waals surface area (Å²) < 4.78 is 2.00. The van der Waals surface area contributed by atoms with Gasteiger partial charge in [0.15, 0.2) is 5.82 Å². The summed E-state index contributed by atoms with van der Waals surface area (Å²) in [7, 11) is 1.89. The minimum Gasteiger partial charge on any atom is -0.372 e. The van der Waals surface area contributed by atoms with E-state index in [1.165, 1.54) is 11.3 Å². The summed E-state index contributed by atoms with van der Waals surface area (Å²) in [6.07, 6.45) is 1.00. The van der Waals surface area contributed by atoms with Crippen LogP contribution < -0.4 is 5.32 Å². The molecular weight excluding hydrogens is 282 g/mol. The van der Waals surface area contributed by atoms with E-state index in [0.29, 0.717) is 6.54 Å². The fourth-order valence-electron chi connectivity index (χ4n) is 2.69. The molecule has 6 heteroatoms. The van der Waals surface area contributed by atoms with Crippen LogP contribution in [0.4, 0.5) is 5.82 Å². The molecule has 0 atom stereocenters. The van der Waals surface area contributed by atoms with E-state index in [9.17, 15) is 0 Å². The van der Waals surface area contributed by atoms with Crippen LogP contribution in [-0.4, -0.2) is 26.8 Å². The average Bonchev–Trinajstić information content (AvgIpc) is 3.03. The second kappa shape index (κ2) is 5.44. The van der Waals surface area contributed by atoms with Crippen molar-refractivity contribution < 1.29 is 0 Å². The minimum atomic E-state index is 0.606. The second-order valence-electron chi connectivity index (χ2n) is 5.04. The van der Waals surface area contributed by atoms with E-state index in [4.69, 9.17) is 0 Å². The SMILES string of the molecule is CCc1c(C)nn(Cc2nc(NC)c3ccsc3n2)c1C. The predicted octanol–water partition coefficient (Wildman–Crippen LogP) is 3.16. The Morgan fingerprint density at radius 3 is 2.76 bits per heavy atom. The van der Waals surface area contributed by atoms with Crippen molar-refractivity contribution in [2.24, 2.45) is 0 Å². The molecule has 0 aromatic carbocycles. The molecule has 0 aliphatic heterocycles. The van der Waals surface area contributed by atoms with Crippen LogP contribution in [0.15, 0.2) is 11.4 Å². The Kier molecular flexibility index (Phi) is 3.63. The quantitative estimate of drug-likeness (QED) is 0.804. The molecule has 0 aliphatic rings. The molecule has 3 heterocycles. The van der Waals surface area contributed by atoms with Crippen molar-refractivity contribution >= 4 is 27.4 Å². The Hall–Kier alpha value is -1.95. The van der Waals surface area contributed by atoms with Crippen LogP contribution in [0.2, 0.25) is 0 Å². The summed E-state index contributed by atoms with van der Waals surface area (Å²) in [4.78, 5) is 10.3. The standard InChI is InChI=1S/C15H19N5S/c1-5-11-9(2)19-20(10(11)3)8-13-17-14(16-4)12-6-7-21-15(12)18-13/h6-7H,5,8H2,1-4H3,(H,16,17,18). The van der Waals surface area contributed by atoms with Gasteiger partial charge in [0.05, 0.1) is 11.1 Å². The molecule has 110 valence electrons. The number of hydrogen-bond acceptors (Lipinski definition) is 5. The second-order valence-corrected chi connectivity index (χ2v) is 5.93. The maximum absolute atomic E-state index is 4.65. The molecule has 3 aromatic rings. The van der Waals surface area contributed by atoms with Crippen LogP contribution >= 0.6 is 11.3 Å². The van der Waals surface area contributed by atoms with Gasteiger partial charge in [0.25, 0.3) is 0 Å². The Bertz CT molecular complexity index is 787. The van der Waals surface area contributed by atoms with Gasteiger partial charge in [-0.3, -0.25) is 4.68 Å². The molecular formula is C15H19N5S. The van der Waals surface area contributed by atoms with Gasteiger partial charge in [-0.2, -0.15) is 5.10 Å². The number of nitrogens with zero attached hydrogens (tertiary/aromatic N) is 4. The Morgan fingerprint density at radius 2 is 2.10 bits per heavy atom. The van der Waals surface area contributed by atoms with E-state index in [0.717, 1.165) is 34.0 Å². The van der Waals surface area contributed by atoms with Crippen molar-refractivity contribution in [1.82, 2.24) is 19.7 Å². The minimum absolute atomic E-state index is 0.606. The van der Waals surface area contributed by atoms with Gasteiger partial charge in [-0.05, 0) is 37.3 Å². The first-order valence-corrected chi connectivity index (χ1v) is 7.96. The van der Waals surface area contributed by atoms with E-state index in [2.05, 4.69) is 41.2 Å². The molecule has 3 rings (SSSR count). The highest BCUT2D eigenvalue weighted by atomic mass is 32.1. The third kappa shape index (κ3) is 2.40. The maximum atomic E-state index is 4.65. The fraction of sp³-hybridized carbons (Fsp3) is 0.400. The molecule has 0 saturated carbocycles. The summed E-state index contributed by atoms with van der Waals surface area (Å²) in [6, 6.07) is 2.05. The third-order valence-electron chi connectivity index (χ3n) is 3.78. The van der Waals surface area contributed by atoms with Crippen LogP contribution in [0.3, 0.4) is 0 Å². The highest BCUT2D eigenvalue weighted by Crippen LogP contribution is 2.25. The summed E-state index contributed by atoms with van der Waals surface area (Å²) >= 11 is 1.64. The molecule has 5 nitrogen and oxygen atoms in total. The number of nitrogens with one attached hydrogen (secondary N) is 1. The number of anilines is 1. The molecule has 0 unspecified atom stereocenters. The highest BCUT2D eigenvalue weighted by molar-refractivity contribution is 7.16. The summed E-state index contributed by atoms with van der Waals surface area (Å²) in [6.45, 7) is 6.94. The van der Waals surface area contributed by atoms with Gasteiger partial charge in [-0.15, -0.1) is 11.3 Å². The molecule has 21 heavy (non-hydrogen) atoms. The number of hydrogen-bond donors (Lipinski definition) is 1. The molecule has 0 amide bonds. The predicted molar refractivity (Wildman–Crippen MR) is 87.1 cm³/mol. The lowest BCUT2D eigenvalue weighted by molar-refractivity contribution is 0.634. The topological polar surface area (TPSA) is 55.6 Å². The molecule has 0 aliphatic carbocycles. The van der Waals surface area contributed by atoms with E-state index < -0.39 is 0 Å². The summed E-state index contributed by atoms with van der Waals surface area (Å²) in [5, 5.41) is 10.9. The van der Waals surface area contributed by atoms with Gasteiger partial charge in [0, 0.05) is 12.7 Å². The van der Waals surface area contributed by atoms with E-state index in [1.807, 2.05) is 23.2 Å². The van der Waals surface area contributed by atoms with Crippen molar-refractivity contribution in [1.29, 1.82) is 0 Å².